The molecule has 1 amide bonds. The summed E-state index contributed by atoms with van der Waals surface area (Å²) in [6, 6.07) is 13.8. The Labute approximate surface area is 177 Å². The zero-order valence-corrected chi connectivity index (χ0v) is 18.5. The number of anilines is 1. The lowest BCUT2D eigenvalue weighted by Gasteiger charge is -2.11. The second kappa shape index (κ2) is 9.11. The maximum absolute atomic E-state index is 12.4. The van der Waals surface area contributed by atoms with E-state index in [1.165, 1.54) is 23.9 Å². The summed E-state index contributed by atoms with van der Waals surface area (Å²) in [6.07, 6.45) is 1.58. The molecule has 0 aromatic heterocycles. The van der Waals surface area contributed by atoms with Crippen LogP contribution in [0, 0.1) is 0 Å². The van der Waals surface area contributed by atoms with Crippen LogP contribution in [0.5, 0.6) is 0 Å². The molecule has 0 spiro atoms. The van der Waals surface area contributed by atoms with E-state index < -0.39 is 10.0 Å². The van der Waals surface area contributed by atoms with Crippen molar-refractivity contribution in [3.63, 3.8) is 0 Å². The summed E-state index contributed by atoms with van der Waals surface area (Å²) in [5, 5.41) is 2.77. The monoisotopic (exact) mass is 481 g/mol. The molecule has 0 atom stereocenters. The number of nitrogens with one attached hydrogen (secondary N) is 1. The van der Waals surface area contributed by atoms with Gasteiger partial charge in [0.15, 0.2) is 0 Å². The van der Waals surface area contributed by atoms with Crippen LogP contribution in [0.15, 0.2) is 67.2 Å². The molecule has 1 aliphatic rings. The van der Waals surface area contributed by atoms with Crippen molar-refractivity contribution in [2.75, 3.05) is 24.7 Å². The topological polar surface area (TPSA) is 78.8 Å². The van der Waals surface area contributed by atoms with Gasteiger partial charge in [-0.2, -0.15) is 8.42 Å². The van der Waals surface area contributed by atoms with Crippen molar-refractivity contribution in [1.29, 1.82) is 0 Å². The van der Waals surface area contributed by atoms with Gasteiger partial charge in [0.1, 0.15) is 5.84 Å². The van der Waals surface area contributed by atoms with Crippen LogP contribution < -0.4 is 5.32 Å². The van der Waals surface area contributed by atoms with E-state index in [0.29, 0.717) is 17.9 Å². The number of carbonyl (C=O) groups is 1. The molecule has 2 aromatic carbocycles. The minimum atomic E-state index is -3.75. The SMILES string of the molecule is CN1CCCC1=NS(=O)(=O)c1ccc(NC(=O)CSc2ccc(Br)cc2)cc1. The zero-order chi connectivity index (χ0) is 20.1. The average molecular weight is 482 g/mol. The summed E-state index contributed by atoms with van der Waals surface area (Å²) in [7, 11) is -1.91. The minimum absolute atomic E-state index is 0.113. The highest BCUT2D eigenvalue weighted by Crippen LogP contribution is 2.22. The third kappa shape index (κ3) is 5.59. The van der Waals surface area contributed by atoms with E-state index in [1.54, 1.807) is 12.1 Å². The molecule has 0 unspecified atom stereocenters. The first-order valence-electron chi connectivity index (χ1n) is 8.67. The quantitative estimate of drug-likeness (QED) is 0.630. The van der Waals surface area contributed by atoms with Crippen LogP contribution in [0.1, 0.15) is 12.8 Å². The number of benzene rings is 2. The number of amidine groups is 1. The molecular formula is C19H20BrN3O3S2. The van der Waals surface area contributed by atoms with E-state index in [-0.39, 0.29) is 16.6 Å². The average Bonchev–Trinajstić information content (AvgIpc) is 3.06. The van der Waals surface area contributed by atoms with E-state index in [1.807, 2.05) is 36.2 Å². The minimum Gasteiger partial charge on any atom is -0.362 e. The molecule has 0 radical (unpaired) electrons. The van der Waals surface area contributed by atoms with Crippen molar-refractivity contribution in [3.8, 4) is 0 Å². The molecule has 3 rings (SSSR count). The Morgan fingerprint density at radius 3 is 2.46 bits per heavy atom. The molecule has 0 aliphatic carbocycles. The molecule has 28 heavy (non-hydrogen) atoms. The number of carbonyl (C=O) groups excluding carboxylic acids is 1. The third-order valence-corrected chi connectivity index (χ3v) is 7.04. The molecule has 148 valence electrons. The molecule has 1 heterocycles. The van der Waals surface area contributed by atoms with Gasteiger partial charge in [0.25, 0.3) is 10.0 Å². The second-order valence-electron chi connectivity index (χ2n) is 6.32. The van der Waals surface area contributed by atoms with Gasteiger partial charge in [-0.3, -0.25) is 4.79 Å². The van der Waals surface area contributed by atoms with Crippen molar-refractivity contribution in [1.82, 2.24) is 4.90 Å². The number of likely N-dealkylation sites (tertiary alicyclic amines) is 1. The van der Waals surface area contributed by atoms with Crippen molar-refractivity contribution in [2.45, 2.75) is 22.6 Å². The number of hydrogen-bond acceptors (Lipinski definition) is 4. The fourth-order valence-electron chi connectivity index (χ4n) is 2.69. The Balaban J connectivity index is 1.59. The molecule has 1 fully saturated rings. The summed E-state index contributed by atoms with van der Waals surface area (Å²) < 4.78 is 29.8. The summed E-state index contributed by atoms with van der Waals surface area (Å²) in [4.78, 5) is 15.1. The van der Waals surface area contributed by atoms with Crippen molar-refractivity contribution < 1.29 is 13.2 Å². The van der Waals surface area contributed by atoms with Crippen molar-refractivity contribution >= 4 is 55.1 Å². The molecule has 9 heteroatoms. The van der Waals surface area contributed by atoms with Crippen molar-refractivity contribution in [2.24, 2.45) is 4.40 Å². The number of thioether (sulfide) groups is 1. The Bertz CT molecular complexity index is 974. The predicted molar refractivity (Wildman–Crippen MR) is 116 cm³/mol. The molecule has 1 N–H and O–H groups in total. The smallest absolute Gasteiger partial charge is 0.283 e. The maximum Gasteiger partial charge on any atom is 0.283 e. The highest BCUT2D eigenvalue weighted by atomic mass is 79.9. The van der Waals surface area contributed by atoms with E-state index in [9.17, 15) is 13.2 Å². The lowest BCUT2D eigenvalue weighted by atomic mass is 10.3. The molecular weight excluding hydrogens is 462 g/mol. The van der Waals surface area contributed by atoms with Gasteiger partial charge < -0.3 is 10.2 Å². The Morgan fingerprint density at radius 2 is 1.86 bits per heavy atom. The van der Waals surface area contributed by atoms with Gasteiger partial charge in [0.05, 0.1) is 10.6 Å². The zero-order valence-electron chi connectivity index (χ0n) is 15.3. The summed E-state index contributed by atoms with van der Waals surface area (Å²) in [6.45, 7) is 0.817. The van der Waals surface area contributed by atoms with Crippen LogP contribution in [0.3, 0.4) is 0 Å². The van der Waals surface area contributed by atoms with Gasteiger partial charge in [-0.15, -0.1) is 16.2 Å². The van der Waals surface area contributed by atoms with Gasteiger partial charge in [0.2, 0.25) is 5.91 Å². The first kappa shape index (κ1) is 20.9. The standard InChI is InChI=1S/C19H20BrN3O3S2/c1-23-12-2-3-18(23)22-28(25,26)17-10-6-15(7-11-17)21-19(24)13-27-16-8-4-14(20)5-9-16/h4-11H,2-3,12-13H2,1H3,(H,21,24). The predicted octanol–water partition coefficient (Wildman–Crippen LogP) is 3.99. The fourth-order valence-corrected chi connectivity index (χ4v) is 4.74. The Kier molecular flexibility index (Phi) is 6.79. The molecule has 0 saturated carbocycles. The van der Waals surface area contributed by atoms with Crippen LogP contribution in [-0.4, -0.2) is 44.4 Å². The largest absolute Gasteiger partial charge is 0.362 e. The van der Waals surface area contributed by atoms with E-state index >= 15 is 0 Å². The van der Waals surface area contributed by atoms with Crippen LogP contribution in [-0.2, 0) is 14.8 Å². The van der Waals surface area contributed by atoms with Gasteiger partial charge >= 0.3 is 0 Å². The van der Waals surface area contributed by atoms with E-state index in [4.69, 9.17) is 0 Å². The maximum atomic E-state index is 12.4. The number of amides is 1. The fraction of sp³-hybridized carbons (Fsp3) is 0.263. The van der Waals surface area contributed by atoms with E-state index in [0.717, 1.165) is 22.3 Å². The first-order chi connectivity index (χ1) is 13.3. The van der Waals surface area contributed by atoms with Crippen LogP contribution in [0.2, 0.25) is 0 Å². The number of rotatable bonds is 6. The molecule has 1 aliphatic heterocycles. The van der Waals surface area contributed by atoms with Gasteiger partial charge in [-0.05, 0) is 55.0 Å². The highest BCUT2D eigenvalue weighted by molar-refractivity contribution is 9.10. The van der Waals surface area contributed by atoms with Gasteiger partial charge in [-0.25, -0.2) is 0 Å². The molecule has 0 bridgehead atoms. The Morgan fingerprint density at radius 1 is 1.18 bits per heavy atom. The summed E-state index contributed by atoms with van der Waals surface area (Å²) in [5.74, 6) is 0.695. The number of sulfonamides is 1. The summed E-state index contributed by atoms with van der Waals surface area (Å²) in [5.41, 5.74) is 0.547. The number of halogens is 1. The van der Waals surface area contributed by atoms with Crippen molar-refractivity contribution in [3.05, 3.63) is 53.0 Å². The first-order valence-corrected chi connectivity index (χ1v) is 11.9. The lowest BCUT2D eigenvalue weighted by Crippen LogP contribution is -2.20. The molecule has 6 nitrogen and oxygen atoms in total. The Hall–Kier alpha value is -1.84. The highest BCUT2D eigenvalue weighted by Gasteiger charge is 2.20. The van der Waals surface area contributed by atoms with Crippen LogP contribution in [0.25, 0.3) is 0 Å². The number of hydrogen-bond donors (Lipinski definition) is 1. The van der Waals surface area contributed by atoms with E-state index in [2.05, 4.69) is 25.6 Å². The lowest BCUT2D eigenvalue weighted by molar-refractivity contribution is -0.113. The van der Waals surface area contributed by atoms with Gasteiger partial charge in [0, 0.05) is 35.1 Å². The summed E-state index contributed by atoms with van der Waals surface area (Å²) >= 11 is 4.81. The molecule has 2 aromatic rings. The van der Waals surface area contributed by atoms with Crippen LogP contribution in [0.4, 0.5) is 5.69 Å². The number of nitrogens with zero attached hydrogens (tertiary/aromatic N) is 2. The van der Waals surface area contributed by atoms with Gasteiger partial charge in [-0.1, -0.05) is 15.9 Å². The second-order valence-corrected chi connectivity index (χ2v) is 9.89. The third-order valence-electron chi connectivity index (χ3n) is 4.18. The van der Waals surface area contributed by atoms with Crippen LogP contribution >= 0.6 is 27.7 Å². The normalized spacial score (nSPS) is 15.8. The molecule has 1 saturated heterocycles.